The van der Waals surface area contributed by atoms with E-state index < -0.39 is 17.2 Å². The molecule has 65 heavy (non-hydrogen) atoms. The molecule has 0 amide bonds. The van der Waals surface area contributed by atoms with Gasteiger partial charge in [-0.05, 0) is 183 Å². The van der Waals surface area contributed by atoms with Crippen molar-refractivity contribution in [2.24, 2.45) is 0 Å². The average molecular weight is 949 g/mol. The van der Waals surface area contributed by atoms with Gasteiger partial charge in [0.15, 0.2) is 0 Å². The van der Waals surface area contributed by atoms with Crippen LogP contribution in [0.1, 0.15) is 210 Å². The van der Waals surface area contributed by atoms with Gasteiger partial charge < -0.3 is 60.1 Å². The maximum absolute atomic E-state index is 7.48. The van der Waals surface area contributed by atoms with Crippen LogP contribution in [-0.4, -0.2) is 85.9 Å². The molecule has 0 bridgehead atoms. The second-order valence-electron chi connectivity index (χ2n) is 25.7. The first-order chi connectivity index (χ1) is 29.2. The van der Waals surface area contributed by atoms with Gasteiger partial charge >= 0.3 is 17.2 Å². The van der Waals surface area contributed by atoms with Crippen molar-refractivity contribution in [1.29, 1.82) is 0 Å². The van der Waals surface area contributed by atoms with Crippen molar-refractivity contribution in [3.63, 3.8) is 0 Å². The van der Waals surface area contributed by atoms with E-state index in [1.54, 1.807) is 5.56 Å². The number of piperidine rings is 4. The summed E-state index contributed by atoms with van der Waals surface area (Å²) in [5.74, 6) is 2.81. The Balaban J connectivity index is 0.00000107. The molecule has 10 N–H and O–H groups in total. The first kappa shape index (κ1) is 56.1. The molecule has 0 atom stereocenters. The number of nitrogens with one attached hydrogen (secondary N) is 4. The Hall–Kier alpha value is -1.50. The minimum absolute atomic E-state index is 0.00463. The third-order valence-electron chi connectivity index (χ3n) is 13.6. The molecule has 2 aromatic rings. The van der Waals surface area contributed by atoms with Crippen LogP contribution in [-0.2, 0) is 5.41 Å². The summed E-state index contributed by atoms with van der Waals surface area (Å²) >= 11 is 0. The van der Waals surface area contributed by atoms with Crippen molar-refractivity contribution in [2.75, 3.05) is 0 Å². The summed E-state index contributed by atoms with van der Waals surface area (Å²) in [4.78, 5) is 43.4. The molecule has 4 aliphatic heterocycles. The molecule has 0 spiro atoms. The highest BCUT2D eigenvalue weighted by atomic mass is 31.2. The smallest absolute Gasteiger partial charge is 0.324 e. The maximum Gasteiger partial charge on any atom is 0.324 e. The zero-order valence-electron chi connectivity index (χ0n) is 43.3. The van der Waals surface area contributed by atoms with E-state index in [2.05, 4.69) is 182 Å². The lowest BCUT2D eigenvalue weighted by Gasteiger charge is -2.51. The molecule has 372 valence electrons. The van der Waals surface area contributed by atoms with Crippen molar-refractivity contribution >= 4 is 17.2 Å². The minimum Gasteiger partial charge on any atom is -0.490 e. The lowest BCUT2D eigenvalue weighted by Crippen LogP contribution is -2.60. The van der Waals surface area contributed by atoms with Gasteiger partial charge in [-0.1, -0.05) is 32.0 Å². The second kappa shape index (κ2) is 20.1. The monoisotopic (exact) mass is 949 g/mol. The Bertz CT molecular complexity index is 1820. The van der Waals surface area contributed by atoms with E-state index in [1.165, 1.54) is 16.7 Å². The number of hydrogen-bond acceptors (Lipinski definition) is 12. The standard InChI is InChI=1S/C51H84N4O2.2H3O3P/c1-43(2)25-33(26-44(3,4)52-43)41-39(51(17,18)35-19-21-36(22-20-35)56-37-29-47(9,10)54-48(11,12)30-37)23-24-40(57-38-31-49(13,14)55-50(15,16)32-38)42(41)34-27-45(5,6)53-46(7,8)28-34;2*1-4(2)3/h19-24,33-34,37-38,52-55H,25-32H2,1-18H3;2*1-3H. The van der Waals surface area contributed by atoms with Gasteiger partial charge in [-0.3, -0.25) is 0 Å². The van der Waals surface area contributed by atoms with Gasteiger partial charge in [0.1, 0.15) is 23.7 Å². The van der Waals surface area contributed by atoms with Crippen molar-refractivity contribution in [3.05, 3.63) is 58.7 Å². The normalized spacial score (nSPS) is 24.9. The van der Waals surface area contributed by atoms with Crippen LogP contribution in [0.2, 0.25) is 0 Å². The summed E-state index contributed by atoms with van der Waals surface area (Å²) in [6.07, 6.45) is 8.56. The minimum atomic E-state index is -2.62. The van der Waals surface area contributed by atoms with Gasteiger partial charge in [-0.2, -0.15) is 0 Å². The fraction of sp³-hybridized carbons (Fsp3) is 0.765. The predicted molar refractivity (Wildman–Crippen MR) is 269 cm³/mol. The molecule has 12 nitrogen and oxygen atoms in total. The molecule has 0 aromatic heterocycles. The Morgan fingerprint density at radius 2 is 0.723 bits per heavy atom. The Kier molecular flexibility index (Phi) is 17.3. The third-order valence-corrected chi connectivity index (χ3v) is 13.6. The van der Waals surface area contributed by atoms with E-state index >= 15 is 0 Å². The SMILES string of the molecule is CC1(C)CC(Oc2ccc(C(C)(C)c3ccc(OC4CC(C)(C)NC(C)(C)C4)c(C4CC(C)(C)NC(C)(C)C4)c3C3CC(C)(C)NC(C)(C)C3)cc2)CC(C)(C)N1.OP(O)O.OP(O)O. The Labute approximate surface area is 395 Å². The summed E-state index contributed by atoms with van der Waals surface area (Å²) in [6.45, 7) is 42.7. The lowest BCUT2D eigenvalue weighted by atomic mass is 9.63. The van der Waals surface area contributed by atoms with Crippen molar-refractivity contribution in [2.45, 2.75) is 250 Å². The molecule has 0 unspecified atom stereocenters. The van der Waals surface area contributed by atoms with Crippen molar-refractivity contribution < 1.29 is 38.8 Å². The highest BCUT2D eigenvalue weighted by Gasteiger charge is 2.47. The summed E-state index contributed by atoms with van der Waals surface area (Å²) in [5, 5.41) is 15.8. The van der Waals surface area contributed by atoms with Crippen LogP contribution >= 0.6 is 17.2 Å². The zero-order valence-corrected chi connectivity index (χ0v) is 45.1. The Morgan fingerprint density at radius 1 is 0.431 bits per heavy atom. The summed E-state index contributed by atoms with van der Waals surface area (Å²) in [6, 6.07) is 14.0. The van der Waals surface area contributed by atoms with Crippen molar-refractivity contribution in [1.82, 2.24) is 21.3 Å². The van der Waals surface area contributed by atoms with Crippen LogP contribution in [0.25, 0.3) is 0 Å². The maximum atomic E-state index is 7.48. The van der Waals surface area contributed by atoms with E-state index in [-0.39, 0.29) is 61.9 Å². The Morgan fingerprint density at radius 3 is 1.06 bits per heavy atom. The van der Waals surface area contributed by atoms with Crippen LogP contribution in [0.5, 0.6) is 11.5 Å². The highest BCUT2D eigenvalue weighted by Crippen LogP contribution is 2.53. The van der Waals surface area contributed by atoms with Crippen LogP contribution in [0.15, 0.2) is 36.4 Å². The quantitative estimate of drug-likeness (QED) is 0.113. The molecule has 2 aromatic carbocycles. The van der Waals surface area contributed by atoms with Crippen LogP contribution in [0.3, 0.4) is 0 Å². The fourth-order valence-electron chi connectivity index (χ4n) is 13.3. The zero-order chi connectivity index (χ0) is 49.6. The molecule has 14 heteroatoms. The summed E-state index contributed by atoms with van der Waals surface area (Å²) < 4.78 is 14.2. The molecule has 6 rings (SSSR count). The predicted octanol–water partition coefficient (Wildman–Crippen LogP) is 9.82. The number of rotatable bonds is 8. The molecule has 4 aliphatic rings. The molecular formula is C51H90N4O8P2. The lowest BCUT2D eigenvalue weighted by molar-refractivity contribution is 0.0538. The molecule has 0 saturated carbocycles. The van der Waals surface area contributed by atoms with Gasteiger partial charge in [0.25, 0.3) is 0 Å². The fourth-order valence-corrected chi connectivity index (χ4v) is 13.3. The highest BCUT2D eigenvalue weighted by molar-refractivity contribution is 7.38. The average Bonchev–Trinajstić information content (AvgIpc) is 3.02. The largest absolute Gasteiger partial charge is 0.490 e. The van der Waals surface area contributed by atoms with Crippen LogP contribution in [0.4, 0.5) is 0 Å². The second-order valence-corrected chi connectivity index (χ2v) is 26.8. The number of ether oxygens (including phenoxy) is 2. The number of hydrogen-bond donors (Lipinski definition) is 10. The third kappa shape index (κ3) is 16.6. The molecule has 4 heterocycles. The van der Waals surface area contributed by atoms with E-state index in [9.17, 15) is 0 Å². The first-order valence-electron chi connectivity index (χ1n) is 23.7. The summed E-state index contributed by atoms with van der Waals surface area (Å²) in [5.41, 5.74) is 5.57. The molecular weight excluding hydrogens is 859 g/mol. The van der Waals surface area contributed by atoms with Gasteiger partial charge in [-0.25, -0.2) is 0 Å². The van der Waals surface area contributed by atoms with Gasteiger partial charge in [0.05, 0.1) is 0 Å². The van der Waals surface area contributed by atoms with Gasteiger partial charge in [0, 0.05) is 81.0 Å². The van der Waals surface area contributed by atoms with E-state index in [4.69, 9.17) is 38.8 Å². The number of benzene rings is 2. The molecule has 4 fully saturated rings. The molecule has 0 radical (unpaired) electrons. The topological polar surface area (TPSA) is 188 Å². The van der Waals surface area contributed by atoms with Gasteiger partial charge in [0.2, 0.25) is 0 Å². The first-order valence-corrected chi connectivity index (χ1v) is 26.1. The van der Waals surface area contributed by atoms with E-state index in [1.807, 2.05) is 0 Å². The van der Waals surface area contributed by atoms with Gasteiger partial charge in [-0.15, -0.1) is 0 Å². The van der Waals surface area contributed by atoms with E-state index in [0.29, 0.717) is 11.8 Å². The molecule has 4 saturated heterocycles. The van der Waals surface area contributed by atoms with Crippen LogP contribution in [0, 0.1) is 0 Å². The summed E-state index contributed by atoms with van der Waals surface area (Å²) in [7, 11) is -5.24. The van der Waals surface area contributed by atoms with E-state index in [0.717, 1.165) is 62.9 Å². The molecule has 0 aliphatic carbocycles. The van der Waals surface area contributed by atoms with Crippen LogP contribution < -0.4 is 30.7 Å². The van der Waals surface area contributed by atoms with Crippen molar-refractivity contribution in [3.8, 4) is 11.5 Å².